The van der Waals surface area contributed by atoms with Gasteiger partial charge in [-0.25, -0.2) is 4.79 Å². The van der Waals surface area contributed by atoms with E-state index in [1.54, 1.807) is 0 Å². The highest BCUT2D eigenvalue weighted by molar-refractivity contribution is 5.78. The van der Waals surface area contributed by atoms with Gasteiger partial charge in [0.15, 0.2) is 0 Å². The third-order valence-corrected chi connectivity index (χ3v) is 3.55. The van der Waals surface area contributed by atoms with Crippen LogP contribution in [0.1, 0.15) is 18.4 Å². The van der Waals surface area contributed by atoms with E-state index < -0.39 is 0 Å². The Morgan fingerprint density at radius 3 is 3.06 bits per heavy atom. The quantitative estimate of drug-likeness (QED) is 0.731. The molecule has 3 rings (SSSR count). The van der Waals surface area contributed by atoms with E-state index in [-0.39, 0.29) is 5.69 Å². The molecule has 1 fully saturated rings. The fraction of sp³-hybridized carbons (Fsp3) is 0.462. The maximum atomic E-state index is 11.3. The highest BCUT2D eigenvalue weighted by Gasteiger charge is 2.15. The summed E-state index contributed by atoms with van der Waals surface area (Å²) in [5.74, 6) is 0.688. The zero-order valence-electron chi connectivity index (χ0n) is 9.75. The molecule has 0 radical (unpaired) electrons. The van der Waals surface area contributed by atoms with Gasteiger partial charge in [-0.1, -0.05) is 12.1 Å². The Balaban J connectivity index is 1.91. The fourth-order valence-electron chi connectivity index (χ4n) is 2.70. The molecule has 4 nitrogen and oxygen atoms in total. The fourth-order valence-corrected chi connectivity index (χ4v) is 2.70. The molecule has 17 heavy (non-hydrogen) atoms. The van der Waals surface area contributed by atoms with Crippen molar-refractivity contribution in [2.45, 2.75) is 19.3 Å². The Kier molecular flexibility index (Phi) is 2.73. The minimum atomic E-state index is -0.116. The third-order valence-electron chi connectivity index (χ3n) is 3.55. The van der Waals surface area contributed by atoms with E-state index in [0.717, 1.165) is 30.5 Å². The molecule has 1 aliphatic rings. The Bertz CT molecular complexity index is 563. The van der Waals surface area contributed by atoms with Gasteiger partial charge in [0.1, 0.15) is 0 Å². The highest BCUT2D eigenvalue weighted by atomic mass is 16.1. The first-order valence-corrected chi connectivity index (χ1v) is 6.23. The Morgan fingerprint density at radius 1 is 1.29 bits per heavy atom. The van der Waals surface area contributed by atoms with Crippen molar-refractivity contribution >= 4 is 11.0 Å². The first-order valence-electron chi connectivity index (χ1n) is 6.23. The monoisotopic (exact) mass is 231 g/mol. The molecule has 0 aliphatic carbocycles. The van der Waals surface area contributed by atoms with Crippen molar-refractivity contribution in [3.05, 3.63) is 34.2 Å². The number of aromatic amines is 2. The van der Waals surface area contributed by atoms with Gasteiger partial charge in [0.25, 0.3) is 0 Å². The Hall–Kier alpha value is -1.55. The Morgan fingerprint density at radius 2 is 2.24 bits per heavy atom. The number of hydrogen-bond acceptors (Lipinski definition) is 2. The van der Waals surface area contributed by atoms with Crippen LogP contribution in [0.15, 0.2) is 23.0 Å². The molecule has 1 aliphatic heterocycles. The largest absolute Gasteiger partial charge is 0.323 e. The summed E-state index contributed by atoms with van der Waals surface area (Å²) in [6.45, 7) is 2.23. The van der Waals surface area contributed by atoms with Gasteiger partial charge in [0.2, 0.25) is 0 Å². The number of hydrogen-bond donors (Lipinski definition) is 3. The number of nitrogens with one attached hydrogen (secondary N) is 3. The summed E-state index contributed by atoms with van der Waals surface area (Å²) in [6.07, 6.45) is 3.57. The number of para-hydroxylation sites is 1. The molecular weight excluding hydrogens is 214 g/mol. The van der Waals surface area contributed by atoms with Crippen molar-refractivity contribution in [3.8, 4) is 0 Å². The molecule has 1 atom stereocenters. The molecule has 1 saturated heterocycles. The summed E-state index contributed by atoms with van der Waals surface area (Å²) in [7, 11) is 0. The zero-order valence-corrected chi connectivity index (χ0v) is 9.75. The third kappa shape index (κ3) is 2.13. The van der Waals surface area contributed by atoms with Crippen LogP contribution in [0.2, 0.25) is 0 Å². The summed E-state index contributed by atoms with van der Waals surface area (Å²) in [5.41, 5.74) is 3.02. The van der Waals surface area contributed by atoms with Gasteiger partial charge < -0.3 is 15.3 Å². The number of fused-ring (bicyclic) bond motifs is 1. The molecule has 1 aromatic heterocycles. The van der Waals surface area contributed by atoms with E-state index in [2.05, 4.69) is 21.4 Å². The molecule has 0 amide bonds. The summed E-state index contributed by atoms with van der Waals surface area (Å²) in [5, 5.41) is 3.43. The lowest BCUT2D eigenvalue weighted by molar-refractivity contribution is 0.376. The van der Waals surface area contributed by atoms with E-state index in [1.165, 1.54) is 18.4 Å². The van der Waals surface area contributed by atoms with Crippen LogP contribution in [0.5, 0.6) is 0 Å². The molecule has 90 valence electrons. The van der Waals surface area contributed by atoms with Crippen LogP contribution < -0.4 is 11.0 Å². The second kappa shape index (κ2) is 4.37. The van der Waals surface area contributed by atoms with Crippen LogP contribution in [0.4, 0.5) is 0 Å². The number of benzene rings is 1. The second-order valence-electron chi connectivity index (χ2n) is 4.84. The van der Waals surface area contributed by atoms with E-state index in [1.807, 2.05) is 12.1 Å². The molecule has 4 heteroatoms. The molecule has 0 spiro atoms. The van der Waals surface area contributed by atoms with Crippen LogP contribution >= 0.6 is 0 Å². The second-order valence-corrected chi connectivity index (χ2v) is 4.84. The number of rotatable bonds is 2. The van der Waals surface area contributed by atoms with Crippen molar-refractivity contribution in [2.24, 2.45) is 5.92 Å². The summed E-state index contributed by atoms with van der Waals surface area (Å²) >= 11 is 0. The predicted octanol–water partition coefficient (Wildman–Crippen LogP) is 1.40. The van der Waals surface area contributed by atoms with E-state index in [0.29, 0.717) is 5.92 Å². The lowest BCUT2D eigenvalue weighted by Crippen LogP contribution is -2.30. The molecule has 2 aromatic rings. The average Bonchev–Trinajstić information content (AvgIpc) is 2.72. The summed E-state index contributed by atoms with van der Waals surface area (Å²) in [6, 6.07) is 6.06. The molecule has 1 aromatic carbocycles. The predicted molar refractivity (Wildman–Crippen MR) is 68.2 cm³/mol. The van der Waals surface area contributed by atoms with Crippen molar-refractivity contribution in [1.82, 2.24) is 15.3 Å². The lowest BCUT2D eigenvalue weighted by Gasteiger charge is -2.22. The van der Waals surface area contributed by atoms with Gasteiger partial charge in [-0.05, 0) is 49.9 Å². The summed E-state index contributed by atoms with van der Waals surface area (Å²) in [4.78, 5) is 17.0. The number of piperidine rings is 1. The SMILES string of the molecule is O=c1[nH]c2cccc(CC3CCCNC3)c2[nH]1. The van der Waals surface area contributed by atoms with Gasteiger partial charge in [-0.15, -0.1) is 0 Å². The minimum Gasteiger partial charge on any atom is -0.316 e. The minimum absolute atomic E-state index is 0.116. The molecule has 3 N–H and O–H groups in total. The lowest BCUT2D eigenvalue weighted by atomic mass is 9.92. The number of imidazole rings is 1. The van der Waals surface area contributed by atoms with E-state index in [9.17, 15) is 4.79 Å². The van der Waals surface area contributed by atoms with Crippen LogP contribution in [-0.4, -0.2) is 23.1 Å². The van der Waals surface area contributed by atoms with Gasteiger partial charge in [-0.2, -0.15) is 0 Å². The topological polar surface area (TPSA) is 60.7 Å². The Labute approximate surface area is 99.4 Å². The van der Waals surface area contributed by atoms with Gasteiger partial charge in [0.05, 0.1) is 11.0 Å². The van der Waals surface area contributed by atoms with Crippen molar-refractivity contribution in [2.75, 3.05) is 13.1 Å². The normalized spacial score (nSPS) is 20.8. The molecule has 0 saturated carbocycles. The molecule has 1 unspecified atom stereocenters. The molecule has 0 bridgehead atoms. The maximum absolute atomic E-state index is 11.3. The standard InChI is InChI=1S/C13H17N3O/c17-13-15-11-5-1-4-10(12(11)16-13)7-9-3-2-6-14-8-9/h1,4-5,9,14H,2-3,6-8H2,(H2,15,16,17). The van der Waals surface area contributed by atoms with Crippen LogP contribution in [0, 0.1) is 5.92 Å². The van der Waals surface area contributed by atoms with Crippen molar-refractivity contribution in [1.29, 1.82) is 0 Å². The number of H-pyrrole nitrogens is 2. The zero-order chi connectivity index (χ0) is 11.7. The first-order chi connectivity index (χ1) is 8.33. The van der Waals surface area contributed by atoms with Gasteiger partial charge in [-0.3, -0.25) is 0 Å². The van der Waals surface area contributed by atoms with Crippen molar-refractivity contribution in [3.63, 3.8) is 0 Å². The van der Waals surface area contributed by atoms with E-state index >= 15 is 0 Å². The van der Waals surface area contributed by atoms with Crippen molar-refractivity contribution < 1.29 is 0 Å². The molecule has 2 heterocycles. The van der Waals surface area contributed by atoms with Crippen LogP contribution in [0.3, 0.4) is 0 Å². The summed E-state index contributed by atoms with van der Waals surface area (Å²) < 4.78 is 0. The molecular formula is C13H17N3O. The van der Waals surface area contributed by atoms with Crippen LogP contribution in [0.25, 0.3) is 11.0 Å². The van der Waals surface area contributed by atoms with Gasteiger partial charge >= 0.3 is 5.69 Å². The smallest absolute Gasteiger partial charge is 0.316 e. The maximum Gasteiger partial charge on any atom is 0.323 e. The first kappa shape index (κ1) is 10.6. The van der Waals surface area contributed by atoms with Gasteiger partial charge in [0, 0.05) is 0 Å². The van der Waals surface area contributed by atoms with E-state index in [4.69, 9.17) is 0 Å². The van der Waals surface area contributed by atoms with Crippen LogP contribution in [-0.2, 0) is 6.42 Å². The highest BCUT2D eigenvalue weighted by Crippen LogP contribution is 2.20. The average molecular weight is 231 g/mol. The number of aromatic nitrogens is 2.